The van der Waals surface area contributed by atoms with Gasteiger partial charge in [0.15, 0.2) is 0 Å². The van der Waals surface area contributed by atoms with Gasteiger partial charge in [0.1, 0.15) is 0 Å². The maximum atomic E-state index is 5.41. The number of nitrogens with zero attached hydrogens (tertiary/aromatic N) is 6. The normalized spacial score (nSPS) is 10.3. The van der Waals surface area contributed by atoms with Crippen LogP contribution in [0.15, 0.2) is 24.5 Å². The van der Waals surface area contributed by atoms with Gasteiger partial charge in [-0.2, -0.15) is 15.0 Å². The van der Waals surface area contributed by atoms with Gasteiger partial charge in [-0.05, 0) is 24.1 Å². The SMILES string of the molecule is CN(C)c1nc(NN)nc(N(C)CCc2ccncc2)n1. The highest BCUT2D eigenvalue weighted by molar-refractivity contribution is 5.43. The number of likely N-dealkylation sites (N-methyl/N-ethyl adjacent to an activating group) is 1. The van der Waals surface area contributed by atoms with Gasteiger partial charge < -0.3 is 9.80 Å². The molecule has 0 saturated carbocycles. The second-order valence-electron chi connectivity index (χ2n) is 4.82. The summed E-state index contributed by atoms with van der Waals surface area (Å²) in [6.07, 6.45) is 4.46. The number of nitrogens with two attached hydrogens (primary N) is 1. The molecule has 0 aromatic carbocycles. The lowest BCUT2D eigenvalue weighted by atomic mass is 10.2. The monoisotopic (exact) mass is 288 g/mol. The van der Waals surface area contributed by atoms with Crippen LogP contribution in [0.1, 0.15) is 5.56 Å². The van der Waals surface area contributed by atoms with Crippen molar-refractivity contribution in [2.45, 2.75) is 6.42 Å². The van der Waals surface area contributed by atoms with Crippen molar-refractivity contribution in [3.8, 4) is 0 Å². The number of rotatable bonds is 6. The van der Waals surface area contributed by atoms with Crippen molar-refractivity contribution < 1.29 is 0 Å². The van der Waals surface area contributed by atoms with Crippen LogP contribution in [0.4, 0.5) is 17.8 Å². The molecule has 3 N–H and O–H groups in total. The minimum absolute atomic E-state index is 0.347. The van der Waals surface area contributed by atoms with E-state index in [1.54, 1.807) is 12.4 Å². The van der Waals surface area contributed by atoms with E-state index in [1.807, 2.05) is 43.1 Å². The molecule has 0 amide bonds. The molecule has 0 aliphatic rings. The Morgan fingerprint density at radius 3 is 2.33 bits per heavy atom. The molecular formula is C13H20N8. The van der Waals surface area contributed by atoms with Gasteiger partial charge in [-0.15, -0.1) is 0 Å². The first-order valence-corrected chi connectivity index (χ1v) is 6.60. The number of hydrogen-bond donors (Lipinski definition) is 2. The van der Waals surface area contributed by atoms with E-state index in [0.717, 1.165) is 13.0 Å². The zero-order valence-electron chi connectivity index (χ0n) is 12.5. The number of nitrogens with one attached hydrogen (secondary N) is 1. The molecule has 2 rings (SSSR count). The van der Waals surface area contributed by atoms with Crippen LogP contribution >= 0.6 is 0 Å². The summed E-state index contributed by atoms with van der Waals surface area (Å²) in [6, 6.07) is 4.00. The summed E-state index contributed by atoms with van der Waals surface area (Å²) in [7, 11) is 5.68. The Labute approximate surface area is 124 Å². The van der Waals surface area contributed by atoms with E-state index in [4.69, 9.17) is 5.84 Å². The summed E-state index contributed by atoms with van der Waals surface area (Å²) in [5.74, 6) is 6.89. The van der Waals surface area contributed by atoms with Gasteiger partial charge in [-0.3, -0.25) is 10.4 Å². The first kappa shape index (κ1) is 14.9. The lowest BCUT2D eigenvalue weighted by Crippen LogP contribution is -2.26. The summed E-state index contributed by atoms with van der Waals surface area (Å²) in [5.41, 5.74) is 3.69. The van der Waals surface area contributed by atoms with Gasteiger partial charge in [0, 0.05) is 40.1 Å². The van der Waals surface area contributed by atoms with E-state index in [0.29, 0.717) is 17.8 Å². The highest BCUT2D eigenvalue weighted by atomic mass is 15.4. The van der Waals surface area contributed by atoms with Crippen molar-refractivity contribution in [1.82, 2.24) is 19.9 Å². The molecule has 0 saturated heterocycles. The molecule has 0 spiro atoms. The predicted molar refractivity (Wildman–Crippen MR) is 83.2 cm³/mol. The highest BCUT2D eigenvalue weighted by Gasteiger charge is 2.11. The quantitative estimate of drug-likeness (QED) is 0.578. The van der Waals surface area contributed by atoms with Crippen LogP contribution in [-0.2, 0) is 6.42 Å². The van der Waals surface area contributed by atoms with Crippen LogP contribution in [-0.4, -0.2) is 47.6 Å². The minimum Gasteiger partial charge on any atom is -0.347 e. The number of pyridine rings is 1. The van der Waals surface area contributed by atoms with E-state index < -0.39 is 0 Å². The zero-order valence-corrected chi connectivity index (χ0v) is 12.5. The van der Waals surface area contributed by atoms with E-state index in [1.165, 1.54) is 5.56 Å². The lowest BCUT2D eigenvalue weighted by molar-refractivity contribution is 0.821. The van der Waals surface area contributed by atoms with Crippen LogP contribution in [0.25, 0.3) is 0 Å². The van der Waals surface area contributed by atoms with Crippen molar-refractivity contribution >= 4 is 17.8 Å². The average Bonchev–Trinajstić information content (AvgIpc) is 2.53. The molecular weight excluding hydrogens is 268 g/mol. The van der Waals surface area contributed by atoms with Gasteiger partial charge >= 0.3 is 0 Å². The Morgan fingerprint density at radius 1 is 1.05 bits per heavy atom. The topological polar surface area (TPSA) is 96.1 Å². The molecule has 0 fully saturated rings. The smallest absolute Gasteiger partial charge is 0.243 e. The average molecular weight is 288 g/mol. The van der Waals surface area contributed by atoms with Gasteiger partial charge in [0.2, 0.25) is 17.8 Å². The molecule has 8 heteroatoms. The van der Waals surface area contributed by atoms with Crippen LogP contribution in [0.3, 0.4) is 0 Å². The van der Waals surface area contributed by atoms with Crippen molar-refractivity contribution in [3.05, 3.63) is 30.1 Å². The third kappa shape index (κ3) is 3.99. The first-order valence-electron chi connectivity index (χ1n) is 6.60. The van der Waals surface area contributed by atoms with Crippen LogP contribution in [0, 0.1) is 0 Å². The second kappa shape index (κ2) is 6.80. The molecule has 8 nitrogen and oxygen atoms in total. The summed E-state index contributed by atoms with van der Waals surface area (Å²) in [5, 5.41) is 0. The molecule has 21 heavy (non-hydrogen) atoms. The fraction of sp³-hybridized carbons (Fsp3) is 0.385. The molecule has 0 aliphatic heterocycles. The molecule has 2 aromatic rings. The molecule has 112 valence electrons. The van der Waals surface area contributed by atoms with E-state index in [9.17, 15) is 0 Å². The standard InChI is InChI=1S/C13H20N8/c1-20(2)12-16-11(19-14)17-13(18-12)21(3)9-6-10-4-7-15-8-5-10/h4-5,7-8H,6,9,14H2,1-3H3,(H,16,17,18,19). The summed E-state index contributed by atoms with van der Waals surface area (Å²) < 4.78 is 0. The Kier molecular flexibility index (Phi) is 4.83. The van der Waals surface area contributed by atoms with Gasteiger partial charge in [0.25, 0.3) is 0 Å². The minimum atomic E-state index is 0.347. The number of hydrogen-bond acceptors (Lipinski definition) is 8. The molecule has 0 unspecified atom stereocenters. The Bertz CT molecular complexity index is 572. The van der Waals surface area contributed by atoms with Crippen LogP contribution < -0.4 is 21.1 Å². The number of anilines is 3. The lowest BCUT2D eigenvalue weighted by Gasteiger charge is -2.19. The fourth-order valence-corrected chi connectivity index (χ4v) is 1.74. The molecule has 0 radical (unpaired) electrons. The maximum absolute atomic E-state index is 5.41. The molecule has 0 bridgehead atoms. The van der Waals surface area contributed by atoms with Gasteiger partial charge in [0.05, 0.1) is 0 Å². The predicted octanol–water partition coefficient (Wildman–Crippen LogP) is 0.297. The molecule has 2 heterocycles. The van der Waals surface area contributed by atoms with E-state index >= 15 is 0 Å². The van der Waals surface area contributed by atoms with Crippen molar-refractivity contribution in [1.29, 1.82) is 0 Å². The third-order valence-electron chi connectivity index (χ3n) is 2.97. The van der Waals surface area contributed by atoms with Gasteiger partial charge in [-0.1, -0.05) is 0 Å². The highest BCUT2D eigenvalue weighted by Crippen LogP contribution is 2.14. The molecule has 0 atom stereocenters. The summed E-state index contributed by atoms with van der Waals surface area (Å²) in [4.78, 5) is 20.7. The number of hydrazine groups is 1. The van der Waals surface area contributed by atoms with Gasteiger partial charge in [-0.25, -0.2) is 5.84 Å². The molecule has 2 aromatic heterocycles. The molecule has 0 aliphatic carbocycles. The first-order chi connectivity index (χ1) is 10.1. The fourth-order valence-electron chi connectivity index (χ4n) is 1.74. The van der Waals surface area contributed by atoms with E-state index in [-0.39, 0.29) is 0 Å². The van der Waals surface area contributed by atoms with Crippen molar-refractivity contribution in [3.63, 3.8) is 0 Å². The van der Waals surface area contributed by atoms with Crippen molar-refractivity contribution in [2.75, 3.05) is 42.9 Å². The zero-order chi connectivity index (χ0) is 15.2. The Morgan fingerprint density at radius 2 is 1.71 bits per heavy atom. The van der Waals surface area contributed by atoms with E-state index in [2.05, 4.69) is 25.4 Å². The Balaban J connectivity index is 2.11. The largest absolute Gasteiger partial charge is 0.347 e. The Hall–Kier alpha value is -2.48. The number of nitrogen functional groups attached to an aromatic ring is 1. The van der Waals surface area contributed by atoms with Crippen molar-refractivity contribution in [2.24, 2.45) is 5.84 Å². The summed E-state index contributed by atoms with van der Waals surface area (Å²) >= 11 is 0. The summed E-state index contributed by atoms with van der Waals surface area (Å²) in [6.45, 7) is 0.783. The third-order valence-corrected chi connectivity index (χ3v) is 2.97. The maximum Gasteiger partial charge on any atom is 0.243 e. The van der Waals surface area contributed by atoms with Crippen LogP contribution in [0.2, 0.25) is 0 Å². The second-order valence-corrected chi connectivity index (χ2v) is 4.82. The number of aromatic nitrogens is 4. The van der Waals surface area contributed by atoms with Crippen LogP contribution in [0.5, 0.6) is 0 Å².